The first kappa shape index (κ1) is 16.4. The highest BCUT2D eigenvalue weighted by molar-refractivity contribution is 5.79. The standard InChI is InChI=1S/C19H26N4O2/c1-11-13(17(25)23-15(21-11)6-8-20-23)10-16(24)22-14-9-12-5-7-19(14,4)18(12,2)3/h6,8,12,14,20H,5,7,9-10H2,1-4H3,(H,22,24)/t12-,14+,19-/m1/s1. The Hall–Kier alpha value is -2.11. The largest absolute Gasteiger partial charge is 0.353 e. The number of fused-ring (bicyclic) bond motifs is 3. The zero-order valence-electron chi connectivity index (χ0n) is 15.3. The molecule has 0 aromatic carbocycles. The Morgan fingerprint density at radius 1 is 1.44 bits per heavy atom. The van der Waals surface area contributed by atoms with Crippen molar-refractivity contribution in [3.63, 3.8) is 0 Å². The SMILES string of the molecule is Cc1nc2cc[nH]n2c(=O)c1CC(=O)N[C@H]1C[C@H]2CC[C@@]1(C)C2(C)C. The molecule has 1 amide bonds. The molecule has 2 heterocycles. The summed E-state index contributed by atoms with van der Waals surface area (Å²) in [4.78, 5) is 29.7. The van der Waals surface area contributed by atoms with Crippen molar-refractivity contribution in [2.75, 3.05) is 0 Å². The fourth-order valence-corrected chi connectivity index (χ4v) is 5.14. The van der Waals surface area contributed by atoms with Gasteiger partial charge in [-0.05, 0) is 42.9 Å². The topological polar surface area (TPSA) is 79.3 Å². The van der Waals surface area contributed by atoms with E-state index in [4.69, 9.17) is 0 Å². The van der Waals surface area contributed by atoms with Gasteiger partial charge in [0.05, 0.1) is 6.42 Å². The van der Waals surface area contributed by atoms with Crippen LogP contribution in [0.2, 0.25) is 0 Å². The molecule has 6 nitrogen and oxygen atoms in total. The Morgan fingerprint density at radius 2 is 2.20 bits per heavy atom. The van der Waals surface area contributed by atoms with Crippen LogP contribution in [-0.2, 0) is 11.2 Å². The van der Waals surface area contributed by atoms with Crippen molar-refractivity contribution in [1.82, 2.24) is 19.9 Å². The summed E-state index contributed by atoms with van der Waals surface area (Å²) in [5, 5.41) is 6.08. The first-order valence-electron chi connectivity index (χ1n) is 9.09. The number of aryl methyl sites for hydroxylation is 1. The number of nitrogens with one attached hydrogen (secondary N) is 2. The van der Waals surface area contributed by atoms with Gasteiger partial charge in [0.2, 0.25) is 5.91 Å². The molecule has 2 N–H and O–H groups in total. The van der Waals surface area contributed by atoms with E-state index in [2.05, 4.69) is 36.2 Å². The zero-order chi connectivity index (χ0) is 18.0. The average Bonchev–Trinajstić information content (AvgIpc) is 3.14. The van der Waals surface area contributed by atoms with Crippen LogP contribution in [0, 0.1) is 23.7 Å². The highest BCUT2D eigenvalue weighted by Gasteiger charge is 2.61. The Kier molecular flexibility index (Phi) is 3.40. The Morgan fingerprint density at radius 3 is 2.84 bits per heavy atom. The lowest BCUT2D eigenvalue weighted by Crippen LogP contribution is -2.47. The second-order valence-electron chi connectivity index (χ2n) is 8.54. The lowest BCUT2D eigenvalue weighted by atomic mass is 9.69. The summed E-state index contributed by atoms with van der Waals surface area (Å²) in [6.07, 6.45) is 5.21. The molecule has 2 aliphatic rings. The summed E-state index contributed by atoms with van der Waals surface area (Å²) in [6.45, 7) is 8.75. The van der Waals surface area contributed by atoms with Crippen LogP contribution in [0.25, 0.3) is 5.65 Å². The van der Waals surface area contributed by atoms with Crippen molar-refractivity contribution in [3.05, 3.63) is 33.9 Å². The first-order valence-corrected chi connectivity index (χ1v) is 9.09. The van der Waals surface area contributed by atoms with Crippen molar-refractivity contribution in [2.45, 2.75) is 59.4 Å². The van der Waals surface area contributed by atoms with Gasteiger partial charge in [-0.1, -0.05) is 20.8 Å². The maximum Gasteiger partial charge on any atom is 0.276 e. The third kappa shape index (κ3) is 2.19. The second kappa shape index (κ2) is 5.19. The van der Waals surface area contributed by atoms with Crippen molar-refractivity contribution >= 4 is 11.6 Å². The predicted octanol–water partition coefficient (Wildman–Crippen LogP) is 2.20. The molecule has 25 heavy (non-hydrogen) atoms. The fourth-order valence-electron chi connectivity index (χ4n) is 5.14. The number of hydrogen-bond acceptors (Lipinski definition) is 3. The van der Waals surface area contributed by atoms with E-state index in [1.54, 1.807) is 19.2 Å². The van der Waals surface area contributed by atoms with Gasteiger partial charge in [-0.3, -0.25) is 14.7 Å². The number of H-pyrrole nitrogens is 1. The number of aromatic amines is 1. The van der Waals surface area contributed by atoms with Crippen LogP contribution in [-0.4, -0.2) is 26.5 Å². The quantitative estimate of drug-likeness (QED) is 0.897. The first-order chi connectivity index (χ1) is 11.7. The van der Waals surface area contributed by atoms with Crippen molar-refractivity contribution in [3.8, 4) is 0 Å². The van der Waals surface area contributed by atoms with Gasteiger partial charge in [0.15, 0.2) is 5.65 Å². The third-order valence-corrected chi connectivity index (χ3v) is 7.31. The van der Waals surface area contributed by atoms with Crippen LogP contribution < -0.4 is 10.9 Å². The van der Waals surface area contributed by atoms with E-state index in [9.17, 15) is 9.59 Å². The van der Waals surface area contributed by atoms with Crippen molar-refractivity contribution in [1.29, 1.82) is 0 Å². The van der Waals surface area contributed by atoms with Gasteiger partial charge >= 0.3 is 0 Å². The predicted molar refractivity (Wildman–Crippen MR) is 95.4 cm³/mol. The van der Waals surface area contributed by atoms with E-state index in [1.807, 2.05) is 0 Å². The average molecular weight is 342 g/mol. The maximum atomic E-state index is 12.7. The van der Waals surface area contributed by atoms with E-state index in [-0.39, 0.29) is 34.8 Å². The molecule has 6 heteroatoms. The number of aromatic nitrogens is 3. The summed E-state index contributed by atoms with van der Waals surface area (Å²) in [5.74, 6) is 0.593. The molecule has 0 spiro atoms. The van der Waals surface area contributed by atoms with Gasteiger partial charge in [-0.25, -0.2) is 9.50 Å². The molecule has 0 saturated heterocycles. The molecule has 0 unspecified atom stereocenters. The normalized spacial score (nSPS) is 30.1. The summed E-state index contributed by atoms with van der Waals surface area (Å²) in [7, 11) is 0. The van der Waals surface area contributed by atoms with Gasteiger partial charge in [0, 0.05) is 29.6 Å². The molecule has 2 aliphatic carbocycles. The minimum atomic E-state index is -0.192. The summed E-state index contributed by atoms with van der Waals surface area (Å²) in [6, 6.07) is 1.94. The summed E-state index contributed by atoms with van der Waals surface area (Å²) >= 11 is 0. The van der Waals surface area contributed by atoms with Crippen LogP contribution in [0.3, 0.4) is 0 Å². The van der Waals surface area contributed by atoms with E-state index < -0.39 is 0 Å². The number of carbonyl (C=O) groups excluding carboxylic acids is 1. The molecular weight excluding hydrogens is 316 g/mol. The Balaban J connectivity index is 1.55. The molecular formula is C19H26N4O2. The molecule has 134 valence electrons. The lowest BCUT2D eigenvalue weighted by Gasteiger charge is -2.39. The van der Waals surface area contributed by atoms with E-state index >= 15 is 0 Å². The molecule has 2 saturated carbocycles. The Labute approximate surface area is 147 Å². The Bertz CT molecular complexity index is 910. The summed E-state index contributed by atoms with van der Waals surface area (Å²) < 4.78 is 1.39. The van der Waals surface area contributed by atoms with Crippen LogP contribution in [0.5, 0.6) is 0 Å². The number of hydrogen-bond donors (Lipinski definition) is 2. The third-order valence-electron chi connectivity index (χ3n) is 7.31. The van der Waals surface area contributed by atoms with Crippen LogP contribution in [0.4, 0.5) is 0 Å². The van der Waals surface area contributed by atoms with Gasteiger partial charge in [-0.15, -0.1) is 0 Å². The number of rotatable bonds is 3. The highest BCUT2D eigenvalue weighted by atomic mass is 16.2. The fraction of sp³-hybridized carbons (Fsp3) is 0.632. The van der Waals surface area contributed by atoms with Crippen LogP contribution >= 0.6 is 0 Å². The maximum absolute atomic E-state index is 12.7. The van der Waals surface area contributed by atoms with Crippen molar-refractivity contribution in [2.24, 2.45) is 16.7 Å². The lowest BCUT2D eigenvalue weighted by molar-refractivity contribution is -0.122. The summed E-state index contributed by atoms with van der Waals surface area (Å²) in [5.41, 5.74) is 1.87. The molecule has 2 bridgehead atoms. The van der Waals surface area contributed by atoms with E-state index in [1.165, 1.54) is 10.9 Å². The number of carbonyl (C=O) groups is 1. The molecule has 2 aromatic heterocycles. The molecule has 0 radical (unpaired) electrons. The van der Waals surface area contributed by atoms with E-state index in [0.717, 1.165) is 12.8 Å². The minimum Gasteiger partial charge on any atom is -0.353 e. The number of amides is 1. The zero-order valence-corrected chi connectivity index (χ0v) is 15.3. The van der Waals surface area contributed by atoms with Gasteiger partial charge < -0.3 is 5.32 Å². The molecule has 2 fully saturated rings. The van der Waals surface area contributed by atoms with Crippen molar-refractivity contribution < 1.29 is 4.79 Å². The molecule has 2 aromatic rings. The molecule has 4 rings (SSSR count). The van der Waals surface area contributed by atoms with E-state index in [0.29, 0.717) is 22.8 Å². The minimum absolute atomic E-state index is 0.0805. The monoisotopic (exact) mass is 342 g/mol. The molecule has 0 aliphatic heterocycles. The molecule has 3 atom stereocenters. The number of nitrogens with zero attached hydrogens (tertiary/aromatic N) is 2. The second-order valence-corrected chi connectivity index (χ2v) is 8.54. The van der Waals surface area contributed by atoms with Gasteiger partial charge in [-0.2, -0.15) is 0 Å². The van der Waals surface area contributed by atoms with Crippen LogP contribution in [0.1, 0.15) is 51.3 Å². The highest BCUT2D eigenvalue weighted by Crippen LogP contribution is 2.65. The van der Waals surface area contributed by atoms with Crippen LogP contribution in [0.15, 0.2) is 17.1 Å². The van der Waals surface area contributed by atoms with Gasteiger partial charge in [0.25, 0.3) is 5.56 Å². The smallest absolute Gasteiger partial charge is 0.276 e. The van der Waals surface area contributed by atoms with Gasteiger partial charge in [0.1, 0.15) is 0 Å².